The molecule has 0 atom stereocenters. The predicted molar refractivity (Wildman–Crippen MR) is 79.5 cm³/mol. The van der Waals surface area contributed by atoms with Crippen molar-refractivity contribution in [3.8, 4) is 5.75 Å². The molecule has 0 aromatic heterocycles. The van der Waals surface area contributed by atoms with Crippen LogP contribution in [-0.2, 0) is 4.79 Å². The summed E-state index contributed by atoms with van der Waals surface area (Å²) in [4.78, 5) is 12.0. The van der Waals surface area contributed by atoms with E-state index in [2.05, 4.69) is 33.9 Å². The molecule has 0 unspecified atom stereocenters. The summed E-state index contributed by atoms with van der Waals surface area (Å²) in [5.74, 6) is 1.54. The van der Waals surface area contributed by atoms with Gasteiger partial charge in [-0.25, -0.2) is 0 Å². The van der Waals surface area contributed by atoms with E-state index in [4.69, 9.17) is 4.74 Å². The molecule has 0 spiro atoms. The van der Waals surface area contributed by atoms with Crippen LogP contribution in [0.5, 0.6) is 5.75 Å². The highest BCUT2D eigenvalue weighted by Crippen LogP contribution is 2.49. The molecule has 0 aliphatic heterocycles. The first-order chi connectivity index (χ1) is 8.58. The molecule has 98 valence electrons. The number of hydrogen-bond donors (Lipinski definition) is 2. The van der Waals surface area contributed by atoms with Crippen LogP contribution in [0.2, 0.25) is 0 Å². The Labute approximate surface area is 121 Å². The van der Waals surface area contributed by atoms with Gasteiger partial charge in [-0.3, -0.25) is 4.79 Å². The molecule has 1 aliphatic rings. The molecule has 0 radical (unpaired) electrons. The number of ether oxygens (including phenoxy) is 1. The molecule has 1 saturated carbocycles. The van der Waals surface area contributed by atoms with Crippen molar-refractivity contribution in [1.29, 1.82) is 0 Å². The standard InChI is InChI=1S/C13H16BrNO2S/c1-17-9-2-3-10(14)11(6-9)15-12(16)7-13(8-18)4-5-13/h2-3,6,18H,4-5,7-8H2,1H3,(H,15,16). The molecule has 0 heterocycles. The second-order valence-corrected chi connectivity index (χ2v) is 5.90. The lowest BCUT2D eigenvalue weighted by Crippen LogP contribution is -2.18. The lowest BCUT2D eigenvalue weighted by atomic mass is 10.1. The highest BCUT2D eigenvalue weighted by Gasteiger charge is 2.42. The summed E-state index contributed by atoms with van der Waals surface area (Å²) in [6, 6.07) is 5.51. The molecule has 0 saturated heterocycles. The maximum absolute atomic E-state index is 12.0. The molecule has 1 N–H and O–H groups in total. The number of nitrogens with one attached hydrogen (secondary N) is 1. The molecule has 1 aromatic rings. The van der Waals surface area contributed by atoms with E-state index in [1.54, 1.807) is 7.11 Å². The number of hydrogen-bond acceptors (Lipinski definition) is 3. The third-order valence-electron chi connectivity index (χ3n) is 3.28. The largest absolute Gasteiger partial charge is 0.497 e. The Morgan fingerprint density at radius 1 is 1.56 bits per heavy atom. The van der Waals surface area contributed by atoms with Crippen molar-refractivity contribution in [2.75, 3.05) is 18.2 Å². The zero-order chi connectivity index (χ0) is 13.2. The van der Waals surface area contributed by atoms with E-state index in [0.717, 1.165) is 34.5 Å². The minimum Gasteiger partial charge on any atom is -0.497 e. The first-order valence-electron chi connectivity index (χ1n) is 5.83. The molecule has 1 aliphatic carbocycles. The smallest absolute Gasteiger partial charge is 0.224 e. The number of rotatable bonds is 5. The number of halogens is 1. The van der Waals surface area contributed by atoms with Crippen LogP contribution in [0.3, 0.4) is 0 Å². The number of benzene rings is 1. The average molecular weight is 330 g/mol. The Balaban J connectivity index is 2.02. The monoisotopic (exact) mass is 329 g/mol. The lowest BCUT2D eigenvalue weighted by Gasteiger charge is -2.13. The molecule has 1 fully saturated rings. The molecule has 0 bridgehead atoms. The van der Waals surface area contributed by atoms with Gasteiger partial charge in [-0.15, -0.1) is 0 Å². The molecule has 5 heteroatoms. The zero-order valence-electron chi connectivity index (χ0n) is 10.2. The second kappa shape index (κ2) is 5.53. The summed E-state index contributed by atoms with van der Waals surface area (Å²) in [5.41, 5.74) is 0.882. The van der Waals surface area contributed by atoms with E-state index < -0.39 is 0 Å². The van der Waals surface area contributed by atoms with Gasteiger partial charge >= 0.3 is 0 Å². The van der Waals surface area contributed by atoms with Gasteiger partial charge in [0, 0.05) is 17.0 Å². The number of thiol groups is 1. The van der Waals surface area contributed by atoms with Gasteiger partial charge in [-0.2, -0.15) is 12.6 Å². The van der Waals surface area contributed by atoms with E-state index in [1.165, 1.54) is 0 Å². The summed E-state index contributed by atoms with van der Waals surface area (Å²) in [6.45, 7) is 0. The van der Waals surface area contributed by atoms with Gasteiger partial charge in [0.2, 0.25) is 5.91 Å². The van der Waals surface area contributed by atoms with Crippen molar-refractivity contribution < 1.29 is 9.53 Å². The minimum absolute atomic E-state index is 0.0375. The van der Waals surface area contributed by atoms with Crippen LogP contribution < -0.4 is 10.1 Å². The topological polar surface area (TPSA) is 38.3 Å². The van der Waals surface area contributed by atoms with Crippen LogP contribution in [0.15, 0.2) is 22.7 Å². The lowest BCUT2D eigenvalue weighted by molar-refractivity contribution is -0.117. The van der Waals surface area contributed by atoms with Crippen LogP contribution in [0.1, 0.15) is 19.3 Å². The number of carbonyl (C=O) groups excluding carboxylic acids is 1. The zero-order valence-corrected chi connectivity index (χ0v) is 12.7. The van der Waals surface area contributed by atoms with E-state index >= 15 is 0 Å². The van der Waals surface area contributed by atoms with E-state index in [0.29, 0.717) is 6.42 Å². The first-order valence-corrected chi connectivity index (χ1v) is 7.25. The number of methoxy groups -OCH3 is 1. The van der Waals surface area contributed by atoms with Gasteiger partial charge < -0.3 is 10.1 Å². The van der Waals surface area contributed by atoms with Crippen LogP contribution in [-0.4, -0.2) is 18.8 Å². The van der Waals surface area contributed by atoms with Crippen molar-refractivity contribution in [3.63, 3.8) is 0 Å². The van der Waals surface area contributed by atoms with Crippen LogP contribution in [0, 0.1) is 5.41 Å². The second-order valence-electron chi connectivity index (χ2n) is 4.73. The Bertz CT molecular complexity index is 460. The molecule has 1 aromatic carbocycles. The Morgan fingerprint density at radius 3 is 2.83 bits per heavy atom. The highest BCUT2D eigenvalue weighted by atomic mass is 79.9. The highest BCUT2D eigenvalue weighted by molar-refractivity contribution is 9.10. The summed E-state index contributed by atoms with van der Waals surface area (Å²) < 4.78 is 6.00. The fourth-order valence-electron chi connectivity index (χ4n) is 1.83. The summed E-state index contributed by atoms with van der Waals surface area (Å²) in [7, 11) is 1.61. The number of carbonyl (C=O) groups is 1. The summed E-state index contributed by atoms with van der Waals surface area (Å²) >= 11 is 7.72. The molecule has 1 amide bonds. The van der Waals surface area contributed by atoms with E-state index in [9.17, 15) is 4.79 Å². The maximum Gasteiger partial charge on any atom is 0.224 e. The van der Waals surface area contributed by atoms with Gasteiger partial charge in [-0.1, -0.05) is 0 Å². The summed E-state index contributed by atoms with van der Waals surface area (Å²) in [5, 5.41) is 2.92. The summed E-state index contributed by atoms with van der Waals surface area (Å²) in [6.07, 6.45) is 2.74. The van der Waals surface area contributed by atoms with E-state index in [-0.39, 0.29) is 11.3 Å². The fourth-order valence-corrected chi connectivity index (χ4v) is 2.60. The Morgan fingerprint density at radius 2 is 2.28 bits per heavy atom. The van der Waals surface area contributed by atoms with Crippen LogP contribution in [0.25, 0.3) is 0 Å². The normalized spacial score (nSPS) is 16.2. The minimum atomic E-state index is 0.0375. The van der Waals surface area contributed by atoms with Gasteiger partial charge in [-0.05, 0) is 52.1 Å². The molecule has 18 heavy (non-hydrogen) atoms. The molecule has 2 rings (SSSR count). The van der Waals surface area contributed by atoms with Gasteiger partial charge in [0.05, 0.1) is 12.8 Å². The van der Waals surface area contributed by atoms with Crippen LogP contribution in [0.4, 0.5) is 5.69 Å². The van der Waals surface area contributed by atoms with Gasteiger partial charge in [0.25, 0.3) is 0 Å². The molecular formula is C13H16BrNO2S. The molecule has 3 nitrogen and oxygen atoms in total. The number of amides is 1. The SMILES string of the molecule is COc1ccc(Br)c(NC(=O)CC2(CS)CC2)c1. The quantitative estimate of drug-likeness (QED) is 0.811. The van der Waals surface area contributed by atoms with Crippen molar-refractivity contribution in [2.45, 2.75) is 19.3 Å². The Hall–Kier alpha value is -0.680. The van der Waals surface area contributed by atoms with Gasteiger partial charge in [0.15, 0.2) is 0 Å². The van der Waals surface area contributed by atoms with Crippen molar-refractivity contribution >= 4 is 40.2 Å². The predicted octanol–water partition coefficient (Wildman–Crippen LogP) is 3.50. The van der Waals surface area contributed by atoms with E-state index in [1.807, 2.05) is 18.2 Å². The fraction of sp³-hybridized carbons (Fsp3) is 0.462. The Kier molecular flexibility index (Phi) is 4.22. The van der Waals surface area contributed by atoms with Gasteiger partial charge in [0.1, 0.15) is 5.75 Å². The average Bonchev–Trinajstić information content (AvgIpc) is 3.12. The van der Waals surface area contributed by atoms with Crippen molar-refractivity contribution in [3.05, 3.63) is 22.7 Å². The molecular weight excluding hydrogens is 314 g/mol. The maximum atomic E-state index is 12.0. The third-order valence-corrected chi connectivity index (χ3v) is 4.64. The third kappa shape index (κ3) is 3.20. The van der Waals surface area contributed by atoms with Crippen molar-refractivity contribution in [1.82, 2.24) is 0 Å². The number of anilines is 1. The first kappa shape index (κ1) is 13.7. The van der Waals surface area contributed by atoms with Crippen LogP contribution >= 0.6 is 28.6 Å². The van der Waals surface area contributed by atoms with Crippen molar-refractivity contribution in [2.24, 2.45) is 5.41 Å².